The van der Waals surface area contributed by atoms with Crippen LogP contribution in [0.5, 0.6) is 17.2 Å². The fourth-order valence-electron chi connectivity index (χ4n) is 2.91. The minimum absolute atomic E-state index is 0.00331. The Kier molecular flexibility index (Phi) is 5.98. The van der Waals surface area contributed by atoms with Crippen LogP contribution in [0.15, 0.2) is 40.7 Å². The van der Waals surface area contributed by atoms with Crippen LogP contribution in [-0.4, -0.2) is 26.9 Å². The molecule has 1 aliphatic rings. The van der Waals surface area contributed by atoms with E-state index < -0.39 is 5.60 Å². The van der Waals surface area contributed by atoms with Crippen molar-refractivity contribution >= 4 is 6.08 Å². The average molecular weight is 377 g/mol. The van der Waals surface area contributed by atoms with Gasteiger partial charge in [0.05, 0.1) is 21.3 Å². The van der Waals surface area contributed by atoms with Gasteiger partial charge in [-0.25, -0.2) is 0 Å². The zero-order valence-electron chi connectivity index (χ0n) is 16.3. The molecule has 1 aromatic rings. The van der Waals surface area contributed by atoms with Gasteiger partial charge in [0, 0.05) is 11.1 Å². The molecular weight excluding hydrogens is 358 g/mol. The highest BCUT2D eigenvalue weighted by atomic mass is 16.5. The highest BCUT2D eigenvalue weighted by Crippen LogP contribution is 2.43. The molecule has 0 amide bonds. The Morgan fingerprint density at radius 1 is 0.964 bits per heavy atom. The molecule has 2 rings (SSSR count). The molecule has 1 aromatic carbocycles. The first-order chi connectivity index (χ1) is 13.4. The Morgan fingerprint density at radius 2 is 1.61 bits per heavy atom. The van der Waals surface area contributed by atoms with Crippen LogP contribution in [-0.2, 0) is 4.74 Å². The molecule has 1 aliphatic heterocycles. The van der Waals surface area contributed by atoms with Crippen molar-refractivity contribution < 1.29 is 18.9 Å². The lowest BCUT2D eigenvalue weighted by Gasteiger charge is -2.20. The van der Waals surface area contributed by atoms with Gasteiger partial charge in [-0.05, 0) is 26.0 Å². The van der Waals surface area contributed by atoms with Crippen LogP contribution in [0.25, 0.3) is 6.08 Å². The lowest BCUT2D eigenvalue weighted by atomic mass is 9.94. The molecule has 0 atom stereocenters. The maximum atomic E-state index is 9.59. The number of benzene rings is 1. The molecule has 7 nitrogen and oxygen atoms in total. The predicted octanol–water partition coefficient (Wildman–Crippen LogP) is 3.66. The van der Waals surface area contributed by atoms with Gasteiger partial charge < -0.3 is 18.9 Å². The molecule has 0 radical (unpaired) electrons. The van der Waals surface area contributed by atoms with E-state index in [0.717, 1.165) is 0 Å². The lowest BCUT2D eigenvalue weighted by Crippen LogP contribution is -2.20. The molecular formula is C21H19N3O4. The third kappa shape index (κ3) is 3.49. The molecule has 1 heterocycles. The summed E-state index contributed by atoms with van der Waals surface area (Å²) in [5, 5.41) is 27.9. The number of allylic oxidation sites excluding steroid dienone is 2. The lowest BCUT2D eigenvalue weighted by molar-refractivity contribution is 0.0954. The average Bonchev–Trinajstić information content (AvgIpc) is 2.95. The number of nitrogens with zero attached hydrogens (tertiary/aromatic N) is 3. The van der Waals surface area contributed by atoms with Gasteiger partial charge in [-0.15, -0.1) is 0 Å². The number of nitriles is 3. The van der Waals surface area contributed by atoms with Crippen LogP contribution in [0.2, 0.25) is 0 Å². The van der Waals surface area contributed by atoms with Gasteiger partial charge in [0.15, 0.2) is 22.8 Å². The summed E-state index contributed by atoms with van der Waals surface area (Å²) in [7, 11) is 4.57. The maximum absolute atomic E-state index is 9.59. The van der Waals surface area contributed by atoms with Crippen molar-refractivity contribution in [2.45, 2.75) is 19.4 Å². The van der Waals surface area contributed by atoms with E-state index in [9.17, 15) is 5.26 Å². The van der Waals surface area contributed by atoms with Gasteiger partial charge in [-0.3, -0.25) is 0 Å². The summed E-state index contributed by atoms with van der Waals surface area (Å²) in [4.78, 5) is 0. The zero-order chi connectivity index (χ0) is 20.9. The SMILES string of the molecule is COc1ccc(/C=C/C2=C(C#N)C(=C(C#N)C#N)OC2(C)C)c(OC)c1OC. The van der Waals surface area contributed by atoms with E-state index in [-0.39, 0.29) is 16.9 Å². The van der Waals surface area contributed by atoms with Crippen molar-refractivity contribution in [2.75, 3.05) is 21.3 Å². The second-order valence-electron chi connectivity index (χ2n) is 6.20. The molecule has 0 aromatic heterocycles. The van der Waals surface area contributed by atoms with Crippen LogP contribution >= 0.6 is 0 Å². The van der Waals surface area contributed by atoms with Crippen molar-refractivity contribution in [3.05, 3.63) is 46.3 Å². The number of ether oxygens (including phenoxy) is 4. The maximum Gasteiger partial charge on any atom is 0.203 e. The Labute approximate surface area is 163 Å². The van der Waals surface area contributed by atoms with Crippen molar-refractivity contribution in [1.29, 1.82) is 15.8 Å². The quantitative estimate of drug-likeness (QED) is 0.720. The molecule has 0 saturated carbocycles. The highest BCUT2D eigenvalue weighted by Gasteiger charge is 2.38. The minimum atomic E-state index is -0.889. The molecule has 0 unspecified atom stereocenters. The van der Waals surface area contributed by atoms with Crippen LogP contribution in [0.4, 0.5) is 0 Å². The molecule has 0 N–H and O–H groups in total. The van der Waals surface area contributed by atoms with Crippen molar-refractivity contribution in [2.24, 2.45) is 0 Å². The van der Waals surface area contributed by atoms with Gasteiger partial charge in [0.25, 0.3) is 0 Å². The second kappa shape index (κ2) is 8.20. The molecule has 0 bridgehead atoms. The molecule has 0 saturated heterocycles. The Morgan fingerprint density at radius 3 is 2.11 bits per heavy atom. The van der Waals surface area contributed by atoms with E-state index in [1.165, 1.54) is 21.3 Å². The Hall–Kier alpha value is -3.89. The van der Waals surface area contributed by atoms with Crippen molar-refractivity contribution in [3.63, 3.8) is 0 Å². The second-order valence-corrected chi connectivity index (χ2v) is 6.20. The van der Waals surface area contributed by atoms with Crippen molar-refractivity contribution in [1.82, 2.24) is 0 Å². The first kappa shape index (κ1) is 20.4. The smallest absolute Gasteiger partial charge is 0.203 e. The fraction of sp³-hybridized carbons (Fsp3) is 0.286. The molecule has 7 heteroatoms. The third-order valence-electron chi connectivity index (χ3n) is 4.23. The van der Waals surface area contributed by atoms with Crippen LogP contribution < -0.4 is 14.2 Å². The van der Waals surface area contributed by atoms with Gasteiger partial charge in [-0.1, -0.05) is 12.2 Å². The normalized spacial score (nSPS) is 14.7. The fourth-order valence-corrected chi connectivity index (χ4v) is 2.91. The minimum Gasteiger partial charge on any atom is -0.493 e. The van der Waals surface area contributed by atoms with Gasteiger partial charge in [0.1, 0.15) is 29.4 Å². The zero-order valence-corrected chi connectivity index (χ0v) is 16.3. The van der Waals surface area contributed by atoms with E-state index in [1.54, 1.807) is 50.3 Å². The van der Waals surface area contributed by atoms with Gasteiger partial charge >= 0.3 is 0 Å². The van der Waals surface area contributed by atoms with Crippen LogP contribution in [0.1, 0.15) is 19.4 Å². The summed E-state index contributed by atoms with van der Waals surface area (Å²) in [6.45, 7) is 3.52. The summed E-state index contributed by atoms with van der Waals surface area (Å²) in [5.74, 6) is 1.44. The number of methoxy groups -OCH3 is 3. The first-order valence-electron chi connectivity index (χ1n) is 8.24. The van der Waals surface area contributed by atoms with E-state index in [1.807, 2.05) is 6.07 Å². The molecule has 0 spiro atoms. The largest absolute Gasteiger partial charge is 0.493 e. The Bertz CT molecular complexity index is 996. The van der Waals surface area contributed by atoms with Crippen molar-refractivity contribution in [3.8, 4) is 35.5 Å². The number of hydrogen-bond acceptors (Lipinski definition) is 7. The topological polar surface area (TPSA) is 108 Å². The summed E-state index contributed by atoms with van der Waals surface area (Å²) < 4.78 is 21.9. The number of hydrogen-bond donors (Lipinski definition) is 0. The standard InChI is InChI=1S/C21H19N3O4/c1-21(2)16(15(12-24)18(28-21)14(10-22)11-23)8-6-13-7-9-17(25-3)20(27-5)19(13)26-4/h6-9H,1-5H3/b8-6+. The van der Waals surface area contributed by atoms with E-state index in [4.69, 9.17) is 29.5 Å². The third-order valence-corrected chi connectivity index (χ3v) is 4.23. The monoisotopic (exact) mass is 377 g/mol. The highest BCUT2D eigenvalue weighted by molar-refractivity contribution is 5.70. The predicted molar refractivity (Wildman–Crippen MR) is 101 cm³/mol. The van der Waals surface area contributed by atoms with Gasteiger partial charge in [0.2, 0.25) is 5.75 Å². The molecule has 142 valence electrons. The molecule has 0 aliphatic carbocycles. The first-order valence-corrected chi connectivity index (χ1v) is 8.24. The van der Waals surface area contributed by atoms with Crippen LogP contribution in [0.3, 0.4) is 0 Å². The summed E-state index contributed by atoms with van der Waals surface area (Å²) in [6.07, 6.45) is 3.46. The van der Waals surface area contributed by atoms with E-state index >= 15 is 0 Å². The van der Waals surface area contributed by atoms with Gasteiger partial charge in [-0.2, -0.15) is 15.8 Å². The molecule has 28 heavy (non-hydrogen) atoms. The summed E-state index contributed by atoms with van der Waals surface area (Å²) in [5.41, 5.74) is 0.263. The van der Waals surface area contributed by atoms with E-state index in [0.29, 0.717) is 28.4 Å². The van der Waals surface area contributed by atoms with E-state index in [2.05, 4.69) is 0 Å². The summed E-state index contributed by atoms with van der Waals surface area (Å²) in [6, 6.07) is 9.11. The number of rotatable bonds is 5. The molecule has 0 fully saturated rings. The Balaban J connectivity index is 2.64. The van der Waals surface area contributed by atoms with Crippen LogP contribution in [0, 0.1) is 34.0 Å². The summed E-state index contributed by atoms with van der Waals surface area (Å²) >= 11 is 0.